The number of pyridine rings is 1. The second-order valence-electron chi connectivity index (χ2n) is 7.41. The monoisotopic (exact) mass is 443 g/mol. The fraction of sp³-hybridized carbons (Fsp3) is 0.391. The molecular formula is C23H29N3O2S2. The molecule has 2 aromatic heterocycles. The molecule has 0 aliphatic rings. The van der Waals surface area contributed by atoms with E-state index in [0.717, 1.165) is 38.5 Å². The lowest BCUT2D eigenvalue weighted by molar-refractivity contribution is 0.0728. The van der Waals surface area contributed by atoms with Crippen LogP contribution in [0.4, 0.5) is 5.82 Å². The smallest absolute Gasteiger partial charge is 0.264 e. The number of rotatable bonds is 9. The highest BCUT2D eigenvalue weighted by Gasteiger charge is 2.20. The Kier molecular flexibility index (Phi) is 7.75. The molecule has 0 saturated heterocycles. The summed E-state index contributed by atoms with van der Waals surface area (Å²) in [5, 5.41) is 1.09. The number of aromatic nitrogens is 1. The third-order valence-electron chi connectivity index (χ3n) is 4.88. The van der Waals surface area contributed by atoms with Crippen LogP contribution in [0, 0.1) is 6.92 Å². The van der Waals surface area contributed by atoms with Gasteiger partial charge in [-0.1, -0.05) is 6.07 Å². The Morgan fingerprint density at radius 1 is 1.20 bits per heavy atom. The molecule has 0 aliphatic heterocycles. The van der Waals surface area contributed by atoms with Gasteiger partial charge in [-0.05, 0) is 49.9 Å². The van der Waals surface area contributed by atoms with Gasteiger partial charge in [0.2, 0.25) is 0 Å². The maximum Gasteiger partial charge on any atom is 0.264 e. The molecule has 3 aromatic rings. The third kappa shape index (κ3) is 5.33. The summed E-state index contributed by atoms with van der Waals surface area (Å²) in [6, 6.07) is 12.4. The van der Waals surface area contributed by atoms with E-state index in [-0.39, 0.29) is 5.91 Å². The van der Waals surface area contributed by atoms with Crippen molar-refractivity contribution in [1.82, 2.24) is 9.88 Å². The van der Waals surface area contributed by atoms with Gasteiger partial charge in [-0.3, -0.25) is 4.79 Å². The number of benzene rings is 1. The van der Waals surface area contributed by atoms with Crippen LogP contribution in [0.25, 0.3) is 10.9 Å². The van der Waals surface area contributed by atoms with Crippen molar-refractivity contribution in [3.8, 4) is 0 Å². The molecule has 0 atom stereocenters. The van der Waals surface area contributed by atoms with Gasteiger partial charge in [-0.15, -0.1) is 23.1 Å². The van der Waals surface area contributed by atoms with Crippen LogP contribution in [0.5, 0.6) is 0 Å². The largest absolute Gasteiger partial charge is 0.385 e. The number of nitrogens with zero attached hydrogens (tertiary/aromatic N) is 3. The normalized spacial score (nSPS) is 11.1. The van der Waals surface area contributed by atoms with Gasteiger partial charge in [0.05, 0.1) is 10.4 Å². The van der Waals surface area contributed by atoms with Crippen molar-refractivity contribution in [2.45, 2.75) is 24.8 Å². The van der Waals surface area contributed by atoms with Crippen molar-refractivity contribution in [2.24, 2.45) is 0 Å². The van der Waals surface area contributed by atoms with Crippen LogP contribution in [-0.4, -0.2) is 56.4 Å². The van der Waals surface area contributed by atoms with Crippen LogP contribution in [0.1, 0.15) is 26.5 Å². The Morgan fingerprint density at radius 2 is 2.00 bits per heavy atom. The summed E-state index contributed by atoms with van der Waals surface area (Å²) in [6.45, 7) is 3.80. The fourth-order valence-corrected chi connectivity index (χ4v) is 4.64. The SMILES string of the molecule is COCCCN(Cc1cc2ccc(SC)cc2nc1N(C)C)C(=O)c1ccc(C)s1. The molecule has 0 N–H and O–H groups in total. The minimum Gasteiger partial charge on any atom is -0.385 e. The lowest BCUT2D eigenvalue weighted by Gasteiger charge is -2.25. The number of anilines is 1. The first-order chi connectivity index (χ1) is 14.4. The first-order valence-corrected chi connectivity index (χ1v) is 12.0. The van der Waals surface area contributed by atoms with E-state index < -0.39 is 0 Å². The second-order valence-corrected chi connectivity index (χ2v) is 9.58. The standard InChI is InChI=1S/C23H29N3O2S2/c1-16-7-10-21(30-16)23(27)26(11-6-12-28-4)15-18-13-17-8-9-19(29-5)14-20(17)24-22(18)25(2)3/h7-10,13-14H,6,11-12,15H2,1-5H3. The molecule has 7 heteroatoms. The average Bonchev–Trinajstić information content (AvgIpc) is 3.17. The number of hydrogen-bond acceptors (Lipinski definition) is 6. The molecule has 0 unspecified atom stereocenters. The number of ether oxygens (including phenoxy) is 1. The molecule has 0 saturated carbocycles. The summed E-state index contributed by atoms with van der Waals surface area (Å²) in [6.07, 6.45) is 2.86. The van der Waals surface area contributed by atoms with Crippen LogP contribution in [0.2, 0.25) is 0 Å². The summed E-state index contributed by atoms with van der Waals surface area (Å²) in [7, 11) is 5.68. The van der Waals surface area contributed by atoms with Gasteiger partial charge >= 0.3 is 0 Å². The summed E-state index contributed by atoms with van der Waals surface area (Å²) >= 11 is 3.25. The molecule has 0 aliphatic carbocycles. The van der Waals surface area contributed by atoms with Gasteiger partial charge in [0.15, 0.2) is 0 Å². The number of methoxy groups -OCH3 is 1. The van der Waals surface area contributed by atoms with Crippen LogP contribution < -0.4 is 4.90 Å². The fourth-order valence-electron chi connectivity index (χ4n) is 3.37. The quantitative estimate of drug-likeness (QED) is 0.341. The van der Waals surface area contributed by atoms with E-state index in [2.05, 4.69) is 30.5 Å². The summed E-state index contributed by atoms with van der Waals surface area (Å²) in [5.41, 5.74) is 2.02. The van der Waals surface area contributed by atoms with Crippen molar-refractivity contribution < 1.29 is 9.53 Å². The van der Waals surface area contributed by atoms with Crippen molar-refractivity contribution in [3.05, 3.63) is 51.7 Å². The molecule has 3 rings (SSSR count). The lowest BCUT2D eigenvalue weighted by atomic mass is 10.1. The van der Waals surface area contributed by atoms with Crippen LogP contribution in [0.15, 0.2) is 41.3 Å². The van der Waals surface area contributed by atoms with Gasteiger partial charge < -0.3 is 14.5 Å². The number of carbonyl (C=O) groups is 1. The minimum atomic E-state index is 0.0618. The van der Waals surface area contributed by atoms with Gasteiger partial charge in [0.25, 0.3) is 5.91 Å². The van der Waals surface area contributed by atoms with Crippen LogP contribution >= 0.6 is 23.1 Å². The number of fused-ring (bicyclic) bond motifs is 1. The van der Waals surface area contributed by atoms with Crippen molar-refractivity contribution in [2.75, 3.05) is 45.5 Å². The third-order valence-corrected chi connectivity index (χ3v) is 6.59. The Bertz CT molecular complexity index is 1020. The Morgan fingerprint density at radius 3 is 2.63 bits per heavy atom. The molecule has 5 nitrogen and oxygen atoms in total. The summed E-state index contributed by atoms with van der Waals surface area (Å²) in [4.78, 5) is 25.2. The molecule has 30 heavy (non-hydrogen) atoms. The number of thiophene rings is 1. The molecule has 0 bridgehead atoms. The van der Waals surface area contributed by atoms with Gasteiger partial charge in [-0.2, -0.15) is 0 Å². The highest BCUT2D eigenvalue weighted by molar-refractivity contribution is 7.98. The molecule has 0 fully saturated rings. The summed E-state index contributed by atoms with van der Waals surface area (Å²) < 4.78 is 5.22. The van der Waals surface area contributed by atoms with Gasteiger partial charge in [-0.25, -0.2) is 4.98 Å². The molecule has 1 amide bonds. The van der Waals surface area contributed by atoms with E-state index in [1.54, 1.807) is 30.2 Å². The molecule has 0 spiro atoms. The Hall–Kier alpha value is -2.09. The highest BCUT2D eigenvalue weighted by atomic mass is 32.2. The Balaban J connectivity index is 1.97. The first kappa shape index (κ1) is 22.6. The van der Waals surface area contributed by atoms with Crippen LogP contribution in [-0.2, 0) is 11.3 Å². The van der Waals surface area contributed by atoms with Gasteiger partial charge in [0, 0.05) is 61.6 Å². The Labute approximate surface area is 187 Å². The molecule has 160 valence electrons. The van der Waals surface area contributed by atoms with Crippen molar-refractivity contribution in [1.29, 1.82) is 0 Å². The van der Waals surface area contributed by atoms with E-state index in [0.29, 0.717) is 19.7 Å². The number of carbonyl (C=O) groups excluding carboxylic acids is 1. The van der Waals surface area contributed by atoms with E-state index in [4.69, 9.17) is 9.72 Å². The van der Waals surface area contributed by atoms with Gasteiger partial charge in [0.1, 0.15) is 5.82 Å². The zero-order valence-corrected chi connectivity index (χ0v) is 19.9. The second kappa shape index (κ2) is 10.3. The average molecular weight is 444 g/mol. The minimum absolute atomic E-state index is 0.0618. The highest BCUT2D eigenvalue weighted by Crippen LogP contribution is 2.28. The predicted molar refractivity (Wildman–Crippen MR) is 128 cm³/mol. The first-order valence-electron chi connectivity index (χ1n) is 9.92. The molecule has 0 radical (unpaired) electrons. The maximum absolute atomic E-state index is 13.2. The van der Waals surface area contributed by atoms with E-state index in [1.165, 1.54) is 4.90 Å². The molecule has 2 heterocycles. The number of amides is 1. The lowest BCUT2D eigenvalue weighted by Crippen LogP contribution is -2.32. The maximum atomic E-state index is 13.2. The predicted octanol–water partition coefficient (Wildman–Crippen LogP) is 5.07. The van der Waals surface area contributed by atoms with Crippen LogP contribution in [0.3, 0.4) is 0 Å². The zero-order chi connectivity index (χ0) is 21.7. The molecule has 1 aromatic carbocycles. The topological polar surface area (TPSA) is 45.7 Å². The van der Waals surface area contributed by atoms with E-state index >= 15 is 0 Å². The zero-order valence-electron chi connectivity index (χ0n) is 18.3. The molecular weight excluding hydrogens is 414 g/mol. The van der Waals surface area contributed by atoms with Crippen molar-refractivity contribution >= 4 is 45.7 Å². The number of hydrogen-bond donors (Lipinski definition) is 0. The van der Waals surface area contributed by atoms with E-state index in [1.807, 2.05) is 43.0 Å². The number of aryl methyl sites for hydroxylation is 1. The van der Waals surface area contributed by atoms with E-state index in [9.17, 15) is 4.79 Å². The van der Waals surface area contributed by atoms with Crippen molar-refractivity contribution in [3.63, 3.8) is 0 Å². The summed E-state index contributed by atoms with van der Waals surface area (Å²) in [5.74, 6) is 0.958. The number of thioether (sulfide) groups is 1.